The zero-order chi connectivity index (χ0) is 14.3. The van der Waals surface area contributed by atoms with Crippen LogP contribution in [0.2, 0.25) is 5.02 Å². The van der Waals surface area contributed by atoms with Crippen molar-refractivity contribution < 1.29 is 9.42 Å². The number of amides is 1. The summed E-state index contributed by atoms with van der Waals surface area (Å²) in [5.41, 5.74) is 1.64. The smallest absolute Gasteiger partial charge is 0.268 e. The molecule has 1 N–H and O–H groups in total. The molecule has 102 valence electrons. The van der Waals surface area contributed by atoms with Gasteiger partial charge in [-0.1, -0.05) is 28.9 Å². The first-order valence-electron chi connectivity index (χ1n) is 5.85. The number of nitrogens with one attached hydrogen (secondary N) is 1. The van der Waals surface area contributed by atoms with Crippen molar-refractivity contribution in [2.45, 2.75) is 13.8 Å². The second-order valence-electron chi connectivity index (χ2n) is 4.40. The average Bonchev–Trinajstić information content (AvgIpc) is 2.94. The molecule has 2 heterocycles. The number of carbonyl (C=O) groups excluding carboxylic acids is 1. The normalized spacial score (nSPS) is 10.9. The van der Waals surface area contributed by atoms with Crippen LogP contribution in [0.5, 0.6) is 0 Å². The number of anilines is 1. The Kier molecular flexibility index (Phi) is 3.19. The third-order valence-electron chi connectivity index (χ3n) is 2.88. The summed E-state index contributed by atoms with van der Waals surface area (Å²) in [5.74, 6) is -0.00708. The second kappa shape index (κ2) is 4.88. The van der Waals surface area contributed by atoms with E-state index in [9.17, 15) is 4.79 Å². The number of nitrogens with zero attached hydrogens (tertiary/aromatic N) is 2. The minimum atomic E-state index is -0.312. The van der Waals surface area contributed by atoms with Gasteiger partial charge in [0, 0.05) is 10.1 Å². The number of carbonyl (C=O) groups is 1. The summed E-state index contributed by atoms with van der Waals surface area (Å²) < 4.78 is 5.52. The van der Waals surface area contributed by atoms with Crippen molar-refractivity contribution in [2.24, 2.45) is 0 Å². The van der Waals surface area contributed by atoms with Crippen LogP contribution in [-0.4, -0.2) is 16.2 Å². The molecule has 0 atom stereocenters. The Morgan fingerprint density at radius 3 is 2.85 bits per heavy atom. The van der Waals surface area contributed by atoms with Gasteiger partial charge in [-0.2, -0.15) is 0 Å². The lowest BCUT2D eigenvalue weighted by atomic mass is 10.2. The van der Waals surface area contributed by atoms with Gasteiger partial charge in [0.05, 0.1) is 5.02 Å². The highest BCUT2D eigenvalue weighted by atomic mass is 35.5. The maximum absolute atomic E-state index is 12.2. The molecule has 3 aromatic rings. The van der Waals surface area contributed by atoms with Crippen LogP contribution >= 0.6 is 22.9 Å². The largest absolute Gasteiger partial charge is 0.301 e. The van der Waals surface area contributed by atoms with E-state index in [1.165, 1.54) is 11.3 Å². The lowest BCUT2D eigenvalue weighted by molar-refractivity contribution is 0.102. The summed E-state index contributed by atoms with van der Waals surface area (Å²) in [7, 11) is 0. The van der Waals surface area contributed by atoms with Crippen LogP contribution in [-0.2, 0) is 0 Å². The first-order valence-corrected chi connectivity index (χ1v) is 7.05. The highest BCUT2D eigenvalue weighted by Crippen LogP contribution is 2.36. The number of rotatable bonds is 2. The maximum Gasteiger partial charge on any atom is 0.268 e. The lowest BCUT2D eigenvalue weighted by Crippen LogP contribution is -2.11. The Morgan fingerprint density at radius 2 is 2.15 bits per heavy atom. The van der Waals surface area contributed by atoms with Crippen molar-refractivity contribution in [1.29, 1.82) is 0 Å². The fraction of sp³-hybridized carbons (Fsp3) is 0.154. The summed E-state index contributed by atoms with van der Waals surface area (Å²) in [4.78, 5) is 12.7. The molecule has 0 aliphatic heterocycles. The molecule has 0 radical (unpaired) electrons. The standard InChI is InChI=1S/C13H10ClN3O2S/c1-6-3-4-8-9(5-6)20-11(10(8)14)13(18)15-12-7(2)16-19-17-12/h3-5H,1-2H3,(H,15,17,18). The Labute approximate surface area is 123 Å². The van der Waals surface area contributed by atoms with Gasteiger partial charge >= 0.3 is 0 Å². The van der Waals surface area contributed by atoms with Gasteiger partial charge < -0.3 is 5.32 Å². The molecule has 0 fully saturated rings. The van der Waals surface area contributed by atoms with Gasteiger partial charge in [0.1, 0.15) is 10.6 Å². The van der Waals surface area contributed by atoms with Crippen LogP contribution in [0.4, 0.5) is 5.82 Å². The van der Waals surface area contributed by atoms with Crippen LogP contribution in [0, 0.1) is 13.8 Å². The monoisotopic (exact) mass is 307 g/mol. The van der Waals surface area contributed by atoms with Crippen molar-refractivity contribution in [1.82, 2.24) is 10.3 Å². The minimum Gasteiger partial charge on any atom is -0.301 e. The number of halogens is 1. The molecule has 0 saturated heterocycles. The van der Waals surface area contributed by atoms with Gasteiger partial charge in [0.25, 0.3) is 5.91 Å². The molecule has 0 aliphatic rings. The Balaban J connectivity index is 1.99. The first-order chi connectivity index (χ1) is 9.56. The Morgan fingerprint density at radius 1 is 1.35 bits per heavy atom. The molecule has 0 spiro atoms. The molecule has 7 heteroatoms. The zero-order valence-corrected chi connectivity index (χ0v) is 12.3. The van der Waals surface area contributed by atoms with Gasteiger partial charge in [-0.25, -0.2) is 4.63 Å². The van der Waals surface area contributed by atoms with E-state index in [0.717, 1.165) is 15.6 Å². The fourth-order valence-electron chi connectivity index (χ4n) is 1.83. The molecule has 0 saturated carbocycles. The predicted octanol–water partition coefficient (Wildman–Crippen LogP) is 3.81. The molecule has 1 aromatic carbocycles. The van der Waals surface area contributed by atoms with E-state index in [-0.39, 0.29) is 5.91 Å². The van der Waals surface area contributed by atoms with Crippen molar-refractivity contribution in [3.05, 3.63) is 39.4 Å². The second-order valence-corrected chi connectivity index (χ2v) is 5.83. The van der Waals surface area contributed by atoms with Crippen molar-refractivity contribution in [3.8, 4) is 0 Å². The fourth-order valence-corrected chi connectivity index (χ4v) is 3.34. The van der Waals surface area contributed by atoms with Crippen LogP contribution < -0.4 is 5.32 Å². The minimum absolute atomic E-state index is 0.305. The number of aryl methyl sites for hydroxylation is 2. The summed E-state index contributed by atoms with van der Waals surface area (Å²) in [6.07, 6.45) is 0. The van der Waals surface area contributed by atoms with Crippen LogP contribution in [0.1, 0.15) is 20.9 Å². The molecule has 1 amide bonds. The number of fused-ring (bicyclic) bond motifs is 1. The van der Waals surface area contributed by atoms with Gasteiger partial charge in [-0.05, 0) is 30.6 Å². The van der Waals surface area contributed by atoms with Gasteiger partial charge in [-0.3, -0.25) is 4.79 Å². The molecule has 3 rings (SSSR count). The SMILES string of the molecule is Cc1ccc2c(Cl)c(C(=O)Nc3nonc3C)sc2c1. The quantitative estimate of drug-likeness (QED) is 0.781. The Bertz CT molecular complexity index is 809. The Hall–Kier alpha value is -1.92. The van der Waals surface area contributed by atoms with Crippen LogP contribution in [0.25, 0.3) is 10.1 Å². The van der Waals surface area contributed by atoms with E-state index in [1.54, 1.807) is 6.92 Å². The predicted molar refractivity (Wildman–Crippen MR) is 78.6 cm³/mol. The molecular weight excluding hydrogens is 298 g/mol. The number of thiophene rings is 1. The highest BCUT2D eigenvalue weighted by Gasteiger charge is 2.19. The molecule has 5 nitrogen and oxygen atoms in total. The first kappa shape index (κ1) is 13.1. The van der Waals surface area contributed by atoms with E-state index >= 15 is 0 Å². The van der Waals surface area contributed by atoms with Gasteiger partial charge in [0.15, 0.2) is 0 Å². The van der Waals surface area contributed by atoms with Gasteiger partial charge in [0.2, 0.25) is 5.82 Å². The van der Waals surface area contributed by atoms with E-state index in [0.29, 0.717) is 21.4 Å². The van der Waals surface area contributed by atoms with E-state index in [2.05, 4.69) is 20.3 Å². The average molecular weight is 308 g/mol. The molecule has 0 unspecified atom stereocenters. The molecule has 0 bridgehead atoms. The number of hydrogen-bond acceptors (Lipinski definition) is 5. The topological polar surface area (TPSA) is 68.0 Å². The maximum atomic E-state index is 12.2. The summed E-state index contributed by atoms with van der Waals surface area (Å²) >= 11 is 7.63. The van der Waals surface area contributed by atoms with E-state index in [1.807, 2.05) is 25.1 Å². The summed E-state index contributed by atoms with van der Waals surface area (Å²) in [6, 6.07) is 5.89. The number of hydrogen-bond donors (Lipinski definition) is 1. The van der Waals surface area contributed by atoms with Gasteiger partial charge in [-0.15, -0.1) is 11.3 Å². The number of benzene rings is 1. The lowest BCUT2D eigenvalue weighted by Gasteiger charge is -1.99. The van der Waals surface area contributed by atoms with Crippen LogP contribution in [0.3, 0.4) is 0 Å². The van der Waals surface area contributed by atoms with Crippen molar-refractivity contribution in [2.75, 3.05) is 5.32 Å². The molecule has 0 aliphatic carbocycles. The van der Waals surface area contributed by atoms with Crippen LogP contribution in [0.15, 0.2) is 22.8 Å². The van der Waals surface area contributed by atoms with Crippen molar-refractivity contribution in [3.63, 3.8) is 0 Å². The zero-order valence-electron chi connectivity index (χ0n) is 10.7. The van der Waals surface area contributed by atoms with E-state index in [4.69, 9.17) is 11.6 Å². The molecule has 20 heavy (non-hydrogen) atoms. The summed E-state index contributed by atoms with van der Waals surface area (Å²) in [5, 5.41) is 11.2. The van der Waals surface area contributed by atoms with E-state index < -0.39 is 0 Å². The highest BCUT2D eigenvalue weighted by molar-refractivity contribution is 7.21. The third-order valence-corrected chi connectivity index (χ3v) is 4.53. The molecular formula is C13H10ClN3O2S. The summed E-state index contributed by atoms with van der Waals surface area (Å²) in [6.45, 7) is 3.69. The molecule has 2 aromatic heterocycles. The van der Waals surface area contributed by atoms with Crippen molar-refractivity contribution >= 4 is 44.7 Å². The third kappa shape index (κ3) is 2.17. The number of aromatic nitrogens is 2.